The van der Waals surface area contributed by atoms with Gasteiger partial charge in [-0.1, -0.05) is 30.3 Å². The zero-order valence-electron chi connectivity index (χ0n) is 13.9. The normalized spacial score (nSPS) is 10.1. The lowest BCUT2D eigenvalue weighted by Crippen LogP contribution is -2.33. The van der Waals surface area contributed by atoms with E-state index < -0.39 is 0 Å². The number of imidazole rings is 1. The number of hydrogen-bond donors (Lipinski definition) is 0. The van der Waals surface area contributed by atoms with Gasteiger partial charge in [0.15, 0.2) is 11.4 Å². The van der Waals surface area contributed by atoms with Crippen molar-refractivity contribution in [3.8, 4) is 12.1 Å². The second kappa shape index (κ2) is 7.82. The Morgan fingerprint density at radius 2 is 1.92 bits per heavy atom. The van der Waals surface area contributed by atoms with Crippen LogP contribution in [0, 0.1) is 22.7 Å². The number of benzene rings is 1. The molecule has 0 spiro atoms. The van der Waals surface area contributed by atoms with Crippen LogP contribution in [-0.4, -0.2) is 20.4 Å². The number of nitrogens with zero attached hydrogens (tertiary/aromatic N) is 5. The second-order valence-corrected chi connectivity index (χ2v) is 5.61. The second-order valence-electron chi connectivity index (χ2n) is 5.61. The number of rotatable bonds is 6. The Bertz CT molecular complexity index is 962. The summed E-state index contributed by atoms with van der Waals surface area (Å²) >= 11 is 0. The van der Waals surface area contributed by atoms with Crippen molar-refractivity contribution >= 4 is 5.91 Å². The molecule has 0 unspecified atom stereocenters. The number of hydrogen-bond acceptors (Lipinski definition) is 5. The van der Waals surface area contributed by atoms with Gasteiger partial charge in [-0.3, -0.25) is 4.79 Å². The zero-order valence-corrected chi connectivity index (χ0v) is 13.9. The Morgan fingerprint density at radius 1 is 1.12 bits per heavy atom. The van der Waals surface area contributed by atoms with Crippen LogP contribution in [0.2, 0.25) is 0 Å². The average molecular weight is 345 g/mol. The fourth-order valence-electron chi connectivity index (χ4n) is 2.57. The molecule has 0 aliphatic carbocycles. The number of carbonyl (C=O) groups is 1. The predicted octanol–water partition coefficient (Wildman–Crippen LogP) is 2.45. The number of amides is 1. The van der Waals surface area contributed by atoms with Gasteiger partial charge in [-0.2, -0.15) is 10.5 Å². The van der Waals surface area contributed by atoms with Crippen LogP contribution >= 0.6 is 0 Å². The van der Waals surface area contributed by atoms with Gasteiger partial charge in [-0.25, -0.2) is 4.98 Å². The van der Waals surface area contributed by atoms with Crippen molar-refractivity contribution in [2.75, 3.05) is 0 Å². The lowest BCUT2D eigenvalue weighted by atomic mass is 10.2. The minimum absolute atomic E-state index is 0.0148. The molecule has 1 amide bonds. The minimum Gasteiger partial charge on any atom is -0.467 e. The molecule has 128 valence electrons. The third kappa shape index (κ3) is 3.80. The van der Waals surface area contributed by atoms with Crippen LogP contribution in [0.5, 0.6) is 0 Å². The van der Waals surface area contributed by atoms with Crippen LogP contribution in [0.4, 0.5) is 0 Å². The van der Waals surface area contributed by atoms with E-state index in [1.807, 2.05) is 42.5 Å². The summed E-state index contributed by atoms with van der Waals surface area (Å²) in [5.41, 5.74) is 1.08. The molecule has 2 heterocycles. The van der Waals surface area contributed by atoms with Crippen molar-refractivity contribution in [3.05, 3.63) is 77.8 Å². The van der Waals surface area contributed by atoms with Crippen LogP contribution in [-0.2, 0) is 24.4 Å². The molecule has 0 N–H and O–H groups in total. The van der Waals surface area contributed by atoms with Gasteiger partial charge in [0, 0.05) is 6.54 Å². The van der Waals surface area contributed by atoms with E-state index in [1.54, 1.807) is 23.3 Å². The molecule has 1 aromatic carbocycles. The summed E-state index contributed by atoms with van der Waals surface area (Å²) in [5.74, 6) is 0.460. The molecular weight excluding hydrogens is 330 g/mol. The highest BCUT2D eigenvalue weighted by Gasteiger charge is 2.19. The zero-order chi connectivity index (χ0) is 18.4. The standard InChI is InChI=1S/C19H15N5O2/c20-9-17-18(10-21)24(14-22-17)13-19(25)23(12-16-7-4-8-26-16)11-15-5-2-1-3-6-15/h1-8,14H,11-13H2. The molecule has 0 saturated carbocycles. The molecule has 0 radical (unpaired) electrons. The fourth-order valence-corrected chi connectivity index (χ4v) is 2.57. The van der Waals surface area contributed by atoms with Gasteiger partial charge in [0.1, 0.15) is 24.4 Å². The predicted molar refractivity (Wildman–Crippen MR) is 91.1 cm³/mol. The first-order valence-electron chi connectivity index (χ1n) is 7.90. The van der Waals surface area contributed by atoms with Gasteiger partial charge in [-0.15, -0.1) is 0 Å². The molecule has 3 rings (SSSR count). The lowest BCUT2D eigenvalue weighted by Gasteiger charge is -2.22. The maximum atomic E-state index is 12.9. The molecule has 2 aromatic heterocycles. The molecule has 0 aliphatic heterocycles. The Balaban J connectivity index is 1.81. The molecule has 3 aromatic rings. The van der Waals surface area contributed by atoms with E-state index in [0.29, 0.717) is 18.8 Å². The van der Waals surface area contributed by atoms with E-state index >= 15 is 0 Å². The highest BCUT2D eigenvalue weighted by molar-refractivity contribution is 5.76. The summed E-state index contributed by atoms with van der Waals surface area (Å²) < 4.78 is 6.75. The fraction of sp³-hybridized carbons (Fsp3) is 0.158. The first-order valence-corrected chi connectivity index (χ1v) is 7.90. The number of nitriles is 2. The summed E-state index contributed by atoms with van der Waals surface area (Å²) in [6.45, 7) is 0.635. The smallest absolute Gasteiger partial charge is 0.243 e. The highest BCUT2D eigenvalue weighted by atomic mass is 16.3. The van der Waals surface area contributed by atoms with Crippen LogP contribution < -0.4 is 0 Å². The van der Waals surface area contributed by atoms with Crippen molar-refractivity contribution in [1.82, 2.24) is 14.5 Å². The topological polar surface area (TPSA) is 98.8 Å². The summed E-state index contributed by atoms with van der Waals surface area (Å²) in [6.07, 6.45) is 2.89. The van der Waals surface area contributed by atoms with Crippen molar-refractivity contribution in [2.45, 2.75) is 19.6 Å². The van der Waals surface area contributed by atoms with E-state index in [-0.39, 0.29) is 23.8 Å². The van der Waals surface area contributed by atoms with Gasteiger partial charge in [0.2, 0.25) is 5.91 Å². The summed E-state index contributed by atoms with van der Waals surface area (Å²) in [7, 11) is 0. The van der Waals surface area contributed by atoms with Crippen LogP contribution in [0.25, 0.3) is 0 Å². The highest BCUT2D eigenvalue weighted by Crippen LogP contribution is 2.13. The van der Waals surface area contributed by atoms with Crippen molar-refractivity contribution in [3.63, 3.8) is 0 Å². The first-order chi connectivity index (χ1) is 12.7. The minimum atomic E-state index is -0.205. The molecule has 7 heteroatoms. The quantitative estimate of drug-likeness (QED) is 0.683. The Kier molecular flexibility index (Phi) is 5.11. The van der Waals surface area contributed by atoms with E-state index in [4.69, 9.17) is 9.68 Å². The first kappa shape index (κ1) is 17.0. The van der Waals surface area contributed by atoms with E-state index in [2.05, 4.69) is 4.98 Å². The van der Waals surface area contributed by atoms with E-state index in [1.165, 1.54) is 10.9 Å². The Labute approximate surface area is 150 Å². The van der Waals surface area contributed by atoms with Gasteiger partial charge in [0.25, 0.3) is 0 Å². The van der Waals surface area contributed by atoms with Crippen molar-refractivity contribution < 1.29 is 9.21 Å². The largest absolute Gasteiger partial charge is 0.467 e. The Morgan fingerprint density at radius 3 is 2.58 bits per heavy atom. The monoisotopic (exact) mass is 345 g/mol. The van der Waals surface area contributed by atoms with Crippen LogP contribution in [0.15, 0.2) is 59.5 Å². The van der Waals surface area contributed by atoms with E-state index in [9.17, 15) is 10.1 Å². The average Bonchev–Trinajstić information content (AvgIpc) is 3.31. The summed E-state index contributed by atoms with van der Waals surface area (Å²) in [4.78, 5) is 18.4. The van der Waals surface area contributed by atoms with E-state index in [0.717, 1.165) is 5.56 Å². The van der Waals surface area contributed by atoms with Crippen molar-refractivity contribution in [1.29, 1.82) is 10.5 Å². The van der Waals surface area contributed by atoms with Gasteiger partial charge >= 0.3 is 0 Å². The molecule has 26 heavy (non-hydrogen) atoms. The molecule has 0 fully saturated rings. The lowest BCUT2D eigenvalue weighted by molar-refractivity contribution is -0.133. The van der Waals surface area contributed by atoms with Gasteiger partial charge < -0.3 is 13.9 Å². The third-order valence-corrected chi connectivity index (χ3v) is 3.85. The molecule has 0 aliphatic rings. The van der Waals surface area contributed by atoms with Crippen LogP contribution in [0.3, 0.4) is 0 Å². The third-order valence-electron chi connectivity index (χ3n) is 3.85. The van der Waals surface area contributed by atoms with Crippen molar-refractivity contribution in [2.24, 2.45) is 0 Å². The van der Waals surface area contributed by atoms with Gasteiger partial charge in [-0.05, 0) is 17.7 Å². The summed E-state index contributed by atoms with van der Waals surface area (Å²) in [6, 6.07) is 17.0. The molecular formula is C19H15N5O2. The number of aromatic nitrogens is 2. The SMILES string of the molecule is N#Cc1ncn(CC(=O)N(Cc2ccccc2)Cc2ccco2)c1C#N. The molecule has 0 atom stereocenters. The molecule has 0 bridgehead atoms. The van der Waals surface area contributed by atoms with Crippen LogP contribution in [0.1, 0.15) is 22.7 Å². The number of furan rings is 1. The maximum Gasteiger partial charge on any atom is 0.243 e. The number of carbonyl (C=O) groups excluding carboxylic acids is 1. The maximum absolute atomic E-state index is 12.9. The molecule has 0 saturated heterocycles. The Hall–Kier alpha value is -3.84. The molecule has 7 nitrogen and oxygen atoms in total. The summed E-state index contributed by atoms with van der Waals surface area (Å²) in [5, 5.41) is 18.2. The van der Waals surface area contributed by atoms with Gasteiger partial charge in [0.05, 0.1) is 19.1 Å².